The first-order chi connectivity index (χ1) is 7.79. The standard InChI is InChI=1S/C12H18N2O2/c1-2-14-9-10(5-6-12(14)15)13-8-11-4-3-7-16-11/h5-6,9,11,13H,2-4,7-8H2,1H3. The molecule has 0 bridgehead atoms. The lowest BCUT2D eigenvalue weighted by Crippen LogP contribution is -2.21. The molecule has 1 aliphatic rings. The van der Waals surface area contributed by atoms with E-state index in [9.17, 15) is 4.79 Å². The highest BCUT2D eigenvalue weighted by Gasteiger charge is 2.14. The molecule has 1 saturated heterocycles. The van der Waals surface area contributed by atoms with Crippen LogP contribution in [-0.4, -0.2) is 23.8 Å². The molecule has 2 heterocycles. The normalized spacial score (nSPS) is 19.9. The zero-order valence-electron chi connectivity index (χ0n) is 9.61. The highest BCUT2D eigenvalue weighted by molar-refractivity contribution is 5.40. The zero-order chi connectivity index (χ0) is 11.4. The van der Waals surface area contributed by atoms with E-state index < -0.39 is 0 Å². The molecule has 0 radical (unpaired) electrons. The van der Waals surface area contributed by atoms with E-state index in [1.807, 2.05) is 19.2 Å². The third-order valence-corrected chi connectivity index (χ3v) is 2.88. The number of ether oxygens (including phenoxy) is 1. The van der Waals surface area contributed by atoms with Crippen LogP contribution in [0.4, 0.5) is 5.69 Å². The molecule has 0 saturated carbocycles. The quantitative estimate of drug-likeness (QED) is 0.838. The van der Waals surface area contributed by atoms with Gasteiger partial charge in [-0.3, -0.25) is 4.79 Å². The van der Waals surface area contributed by atoms with Crippen LogP contribution < -0.4 is 10.9 Å². The smallest absolute Gasteiger partial charge is 0.250 e. The molecule has 1 aromatic rings. The lowest BCUT2D eigenvalue weighted by atomic mass is 10.2. The number of nitrogens with one attached hydrogen (secondary N) is 1. The Morgan fingerprint density at radius 2 is 2.44 bits per heavy atom. The number of aromatic nitrogens is 1. The van der Waals surface area contributed by atoms with Gasteiger partial charge in [0.25, 0.3) is 5.56 Å². The second-order valence-corrected chi connectivity index (χ2v) is 4.06. The number of rotatable bonds is 4. The second kappa shape index (κ2) is 5.16. The molecule has 0 amide bonds. The van der Waals surface area contributed by atoms with Crippen molar-refractivity contribution in [1.29, 1.82) is 0 Å². The van der Waals surface area contributed by atoms with E-state index in [0.717, 1.165) is 31.7 Å². The molecule has 0 spiro atoms. The van der Waals surface area contributed by atoms with Crippen LogP contribution in [0.1, 0.15) is 19.8 Å². The highest BCUT2D eigenvalue weighted by atomic mass is 16.5. The van der Waals surface area contributed by atoms with Gasteiger partial charge in [-0.15, -0.1) is 0 Å². The first-order valence-corrected chi connectivity index (χ1v) is 5.85. The summed E-state index contributed by atoms with van der Waals surface area (Å²) >= 11 is 0. The molecule has 1 N–H and O–H groups in total. The van der Waals surface area contributed by atoms with Crippen molar-refractivity contribution in [2.45, 2.75) is 32.4 Å². The Morgan fingerprint density at radius 3 is 3.12 bits per heavy atom. The van der Waals surface area contributed by atoms with Crippen molar-refractivity contribution >= 4 is 5.69 Å². The molecule has 1 fully saturated rings. The van der Waals surface area contributed by atoms with Gasteiger partial charge in [0.05, 0.1) is 11.8 Å². The van der Waals surface area contributed by atoms with Gasteiger partial charge >= 0.3 is 0 Å². The third kappa shape index (κ3) is 2.64. The van der Waals surface area contributed by atoms with Gasteiger partial charge in [-0.25, -0.2) is 0 Å². The molecule has 0 aliphatic carbocycles. The summed E-state index contributed by atoms with van der Waals surface area (Å²) in [7, 11) is 0. The lowest BCUT2D eigenvalue weighted by molar-refractivity contribution is 0.120. The zero-order valence-corrected chi connectivity index (χ0v) is 9.61. The maximum atomic E-state index is 11.4. The Labute approximate surface area is 95.2 Å². The summed E-state index contributed by atoms with van der Waals surface area (Å²) in [6.07, 6.45) is 4.46. The lowest BCUT2D eigenvalue weighted by Gasteiger charge is -2.12. The van der Waals surface area contributed by atoms with Gasteiger partial charge < -0.3 is 14.6 Å². The summed E-state index contributed by atoms with van der Waals surface area (Å²) in [6, 6.07) is 3.42. The summed E-state index contributed by atoms with van der Waals surface area (Å²) in [6.45, 7) is 4.36. The van der Waals surface area contributed by atoms with Crippen molar-refractivity contribution < 1.29 is 4.74 Å². The van der Waals surface area contributed by atoms with E-state index in [0.29, 0.717) is 12.6 Å². The van der Waals surface area contributed by atoms with Crippen molar-refractivity contribution in [2.24, 2.45) is 0 Å². The number of anilines is 1. The molecule has 88 valence electrons. The fourth-order valence-corrected chi connectivity index (χ4v) is 1.92. The number of pyridine rings is 1. The van der Waals surface area contributed by atoms with Gasteiger partial charge in [0.15, 0.2) is 0 Å². The van der Waals surface area contributed by atoms with Crippen LogP contribution in [-0.2, 0) is 11.3 Å². The SMILES string of the molecule is CCn1cc(NCC2CCCO2)ccc1=O. The second-order valence-electron chi connectivity index (χ2n) is 4.06. The minimum atomic E-state index is 0.0465. The molecule has 16 heavy (non-hydrogen) atoms. The van der Waals surface area contributed by atoms with Crippen LogP contribution in [0, 0.1) is 0 Å². The Morgan fingerprint density at radius 1 is 1.56 bits per heavy atom. The van der Waals surface area contributed by atoms with Gasteiger partial charge in [0.1, 0.15) is 0 Å². The first-order valence-electron chi connectivity index (χ1n) is 5.85. The van der Waals surface area contributed by atoms with E-state index in [1.165, 1.54) is 0 Å². The van der Waals surface area contributed by atoms with Crippen LogP contribution in [0.5, 0.6) is 0 Å². The summed E-state index contributed by atoms with van der Waals surface area (Å²) in [5.74, 6) is 0. The minimum Gasteiger partial charge on any atom is -0.381 e. The Balaban J connectivity index is 1.95. The number of nitrogens with zero attached hydrogens (tertiary/aromatic N) is 1. The summed E-state index contributed by atoms with van der Waals surface area (Å²) < 4.78 is 7.22. The van der Waals surface area contributed by atoms with Gasteiger partial charge in [0.2, 0.25) is 0 Å². The van der Waals surface area contributed by atoms with E-state index in [-0.39, 0.29) is 5.56 Å². The Bertz CT molecular complexity index is 394. The number of aryl methyl sites for hydroxylation is 1. The molecule has 4 heteroatoms. The van der Waals surface area contributed by atoms with Crippen molar-refractivity contribution in [1.82, 2.24) is 4.57 Å². The largest absolute Gasteiger partial charge is 0.381 e. The van der Waals surface area contributed by atoms with Crippen molar-refractivity contribution in [3.63, 3.8) is 0 Å². The fourth-order valence-electron chi connectivity index (χ4n) is 1.92. The topological polar surface area (TPSA) is 43.3 Å². The molecule has 1 aromatic heterocycles. The molecule has 1 aliphatic heterocycles. The summed E-state index contributed by atoms with van der Waals surface area (Å²) in [5.41, 5.74) is 1.03. The Kier molecular flexibility index (Phi) is 3.62. The summed E-state index contributed by atoms with van der Waals surface area (Å²) in [4.78, 5) is 11.4. The predicted octanol–water partition coefficient (Wildman–Crippen LogP) is 1.46. The molecule has 1 unspecified atom stereocenters. The van der Waals surface area contributed by atoms with Gasteiger partial charge in [-0.1, -0.05) is 0 Å². The number of hydrogen-bond acceptors (Lipinski definition) is 3. The third-order valence-electron chi connectivity index (χ3n) is 2.88. The van der Waals surface area contributed by atoms with Crippen LogP contribution in [0.15, 0.2) is 23.1 Å². The van der Waals surface area contributed by atoms with Crippen molar-refractivity contribution in [3.05, 3.63) is 28.7 Å². The van der Waals surface area contributed by atoms with Crippen LogP contribution in [0.2, 0.25) is 0 Å². The van der Waals surface area contributed by atoms with Gasteiger partial charge in [0, 0.05) is 32.0 Å². The minimum absolute atomic E-state index is 0.0465. The van der Waals surface area contributed by atoms with E-state index in [1.54, 1.807) is 10.6 Å². The summed E-state index contributed by atoms with van der Waals surface area (Å²) in [5, 5.41) is 3.30. The monoisotopic (exact) mass is 222 g/mol. The Hall–Kier alpha value is -1.29. The molecular weight excluding hydrogens is 204 g/mol. The average molecular weight is 222 g/mol. The van der Waals surface area contributed by atoms with E-state index in [2.05, 4.69) is 5.32 Å². The maximum Gasteiger partial charge on any atom is 0.250 e. The van der Waals surface area contributed by atoms with Crippen LogP contribution in [0.25, 0.3) is 0 Å². The van der Waals surface area contributed by atoms with Gasteiger partial charge in [-0.2, -0.15) is 0 Å². The van der Waals surface area contributed by atoms with E-state index in [4.69, 9.17) is 4.74 Å². The molecule has 0 aromatic carbocycles. The van der Waals surface area contributed by atoms with Gasteiger partial charge in [-0.05, 0) is 25.8 Å². The molecule has 1 atom stereocenters. The van der Waals surface area contributed by atoms with E-state index >= 15 is 0 Å². The first kappa shape index (κ1) is 11.2. The number of hydrogen-bond donors (Lipinski definition) is 1. The molecule has 2 rings (SSSR count). The highest BCUT2D eigenvalue weighted by Crippen LogP contribution is 2.13. The molecular formula is C12H18N2O2. The van der Waals surface area contributed by atoms with Crippen molar-refractivity contribution in [3.8, 4) is 0 Å². The van der Waals surface area contributed by atoms with Crippen molar-refractivity contribution in [2.75, 3.05) is 18.5 Å². The average Bonchev–Trinajstić information content (AvgIpc) is 2.81. The predicted molar refractivity (Wildman–Crippen MR) is 63.8 cm³/mol. The van der Waals surface area contributed by atoms with Crippen LogP contribution >= 0.6 is 0 Å². The fraction of sp³-hybridized carbons (Fsp3) is 0.583. The van der Waals surface area contributed by atoms with Crippen LogP contribution in [0.3, 0.4) is 0 Å². The molecule has 4 nitrogen and oxygen atoms in total. The maximum absolute atomic E-state index is 11.4.